The number of likely N-dealkylation sites (tertiary alicyclic amines) is 1. The van der Waals surface area contributed by atoms with E-state index in [0.29, 0.717) is 22.8 Å². The first-order valence-corrected chi connectivity index (χ1v) is 12.1. The van der Waals surface area contributed by atoms with E-state index in [9.17, 15) is 14.7 Å². The average Bonchev–Trinajstić information content (AvgIpc) is 3.14. The first-order chi connectivity index (χ1) is 17.7. The molecule has 0 aliphatic carbocycles. The molecule has 0 spiro atoms. The van der Waals surface area contributed by atoms with Crippen LogP contribution in [0, 0.1) is 0 Å². The zero-order chi connectivity index (χ0) is 26.7. The van der Waals surface area contributed by atoms with Crippen molar-refractivity contribution >= 4 is 29.1 Å². The van der Waals surface area contributed by atoms with Gasteiger partial charge in [-0.2, -0.15) is 0 Å². The van der Waals surface area contributed by atoms with Crippen molar-refractivity contribution < 1.29 is 28.9 Å². The summed E-state index contributed by atoms with van der Waals surface area (Å²) in [5.41, 5.74) is 1.59. The minimum atomic E-state index is -0.847. The van der Waals surface area contributed by atoms with E-state index in [-0.39, 0.29) is 34.6 Å². The predicted octanol–water partition coefficient (Wildman–Crippen LogP) is 5.77. The van der Waals surface area contributed by atoms with Gasteiger partial charge in [0.25, 0.3) is 11.7 Å². The maximum absolute atomic E-state index is 13.3. The molecule has 1 unspecified atom stereocenters. The molecule has 1 fully saturated rings. The SMILES string of the molecule is COc1ccc(C2/C(=C(\O)c3cc(OC)ccc3Cl)C(=O)C(=O)N2Cc2ccc(OC(C)C)cc2)cc1. The summed E-state index contributed by atoms with van der Waals surface area (Å²) in [4.78, 5) is 28.1. The maximum Gasteiger partial charge on any atom is 0.295 e. The molecule has 0 saturated carbocycles. The fourth-order valence-corrected chi connectivity index (χ4v) is 4.48. The van der Waals surface area contributed by atoms with Crippen LogP contribution in [0.1, 0.15) is 36.6 Å². The van der Waals surface area contributed by atoms with E-state index in [1.165, 1.54) is 18.1 Å². The Kier molecular flexibility index (Phi) is 7.74. The standard InChI is InChI=1S/C29H28ClNO6/c1-17(2)37-21-9-5-18(6-10-21)16-31-26(19-7-11-20(35-3)12-8-19)25(28(33)29(31)34)27(32)23-15-22(36-4)13-14-24(23)30/h5-15,17,26,32H,16H2,1-4H3/b27-25+. The van der Waals surface area contributed by atoms with E-state index in [1.54, 1.807) is 43.5 Å². The van der Waals surface area contributed by atoms with Crippen molar-refractivity contribution in [3.63, 3.8) is 0 Å². The number of aliphatic hydroxyl groups is 1. The number of rotatable bonds is 8. The monoisotopic (exact) mass is 521 g/mol. The van der Waals surface area contributed by atoms with Crippen LogP contribution in [0.15, 0.2) is 72.3 Å². The maximum atomic E-state index is 13.3. The van der Waals surface area contributed by atoms with E-state index in [2.05, 4.69) is 0 Å². The minimum absolute atomic E-state index is 0.0298. The van der Waals surface area contributed by atoms with Gasteiger partial charge in [-0.25, -0.2) is 0 Å². The van der Waals surface area contributed by atoms with Crippen LogP contribution in [0.4, 0.5) is 0 Å². The molecular formula is C29H28ClNO6. The number of ketones is 1. The second-order valence-corrected chi connectivity index (χ2v) is 9.26. The molecule has 4 rings (SSSR count). The zero-order valence-corrected chi connectivity index (χ0v) is 21.8. The second-order valence-electron chi connectivity index (χ2n) is 8.86. The van der Waals surface area contributed by atoms with Gasteiger partial charge in [-0.1, -0.05) is 35.9 Å². The lowest BCUT2D eigenvalue weighted by Crippen LogP contribution is -2.29. The summed E-state index contributed by atoms with van der Waals surface area (Å²) in [6, 6.07) is 18.3. The number of aliphatic hydroxyl groups excluding tert-OH is 1. The number of Topliss-reactive ketones (excluding diaryl/α,β-unsaturated/α-hetero) is 1. The molecule has 1 N–H and O–H groups in total. The summed E-state index contributed by atoms with van der Waals surface area (Å²) in [6.07, 6.45) is 0.0298. The number of benzene rings is 3. The molecule has 0 radical (unpaired) electrons. The lowest BCUT2D eigenvalue weighted by molar-refractivity contribution is -0.140. The van der Waals surface area contributed by atoms with Crippen LogP contribution in [0.25, 0.3) is 5.76 Å². The van der Waals surface area contributed by atoms with Crippen molar-refractivity contribution in [1.82, 2.24) is 4.90 Å². The highest BCUT2D eigenvalue weighted by molar-refractivity contribution is 6.47. The van der Waals surface area contributed by atoms with Crippen molar-refractivity contribution in [2.75, 3.05) is 14.2 Å². The molecule has 192 valence electrons. The third kappa shape index (κ3) is 5.42. The van der Waals surface area contributed by atoms with Gasteiger partial charge >= 0.3 is 0 Å². The number of halogens is 1. The molecule has 1 atom stereocenters. The number of carbonyl (C=O) groups is 2. The van der Waals surface area contributed by atoms with Crippen LogP contribution >= 0.6 is 11.6 Å². The van der Waals surface area contributed by atoms with E-state index in [1.807, 2.05) is 38.1 Å². The Morgan fingerprint density at radius 1 is 0.919 bits per heavy atom. The first-order valence-electron chi connectivity index (χ1n) is 11.7. The van der Waals surface area contributed by atoms with Gasteiger partial charge < -0.3 is 24.2 Å². The smallest absolute Gasteiger partial charge is 0.295 e. The van der Waals surface area contributed by atoms with E-state index < -0.39 is 17.7 Å². The fraction of sp³-hybridized carbons (Fsp3) is 0.241. The molecule has 1 aliphatic rings. The lowest BCUT2D eigenvalue weighted by atomic mass is 9.95. The average molecular weight is 522 g/mol. The van der Waals surface area contributed by atoms with Crippen molar-refractivity contribution in [3.8, 4) is 17.2 Å². The molecule has 37 heavy (non-hydrogen) atoms. The van der Waals surface area contributed by atoms with Gasteiger partial charge in [0.2, 0.25) is 0 Å². The van der Waals surface area contributed by atoms with E-state index in [0.717, 1.165) is 5.56 Å². The third-order valence-corrected chi connectivity index (χ3v) is 6.38. The summed E-state index contributed by atoms with van der Waals surface area (Å²) in [6.45, 7) is 4.03. The van der Waals surface area contributed by atoms with Crippen LogP contribution in [0.3, 0.4) is 0 Å². The summed E-state index contributed by atoms with van der Waals surface area (Å²) < 4.78 is 16.2. The summed E-state index contributed by atoms with van der Waals surface area (Å²) in [5.74, 6) is -0.102. The highest BCUT2D eigenvalue weighted by atomic mass is 35.5. The Balaban J connectivity index is 1.81. The lowest BCUT2D eigenvalue weighted by Gasteiger charge is -2.26. The Labute approximate surface area is 220 Å². The summed E-state index contributed by atoms with van der Waals surface area (Å²) in [7, 11) is 3.04. The largest absolute Gasteiger partial charge is 0.507 e. The normalized spacial score (nSPS) is 16.8. The topological polar surface area (TPSA) is 85.3 Å². The van der Waals surface area contributed by atoms with Crippen LogP contribution in [-0.4, -0.2) is 42.0 Å². The van der Waals surface area contributed by atoms with Crippen LogP contribution < -0.4 is 14.2 Å². The highest BCUT2D eigenvalue weighted by Gasteiger charge is 2.46. The number of amides is 1. The van der Waals surface area contributed by atoms with Crippen LogP contribution in [0.2, 0.25) is 5.02 Å². The van der Waals surface area contributed by atoms with Gasteiger partial charge in [0, 0.05) is 12.1 Å². The molecule has 3 aromatic carbocycles. The number of ether oxygens (including phenoxy) is 3. The third-order valence-electron chi connectivity index (χ3n) is 6.05. The van der Waals surface area contributed by atoms with E-state index in [4.69, 9.17) is 25.8 Å². The fourth-order valence-electron chi connectivity index (χ4n) is 4.28. The first kappa shape index (κ1) is 26.1. The molecule has 3 aromatic rings. The van der Waals surface area contributed by atoms with Gasteiger partial charge in [0.15, 0.2) is 0 Å². The van der Waals surface area contributed by atoms with Crippen molar-refractivity contribution in [2.24, 2.45) is 0 Å². The van der Waals surface area contributed by atoms with Crippen molar-refractivity contribution in [3.05, 3.63) is 94.0 Å². The van der Waals surface area contributed by atoms with Gasteiger partial charge in [0.1, 0.15) is 23.0 Å². The highest BCUT2D eigenvalue weighted by Crippen LogP contribution is 2.42. The van der Waals surface area contributed by atoms with Gasteiger partial charge in [-0.15, -0.1) is 0 Å². The summed E-state index contributed by atoms with van der Waals surface area (Å²) in [5, 5.41) is 11.6. The van der Waals surface area contributed by atoms with Crippen LogP contribution in [-0.2, 0) is 16.1 Å². The Bertz CT molecular complexity index is 1330. The second kappa shape index (κ2) is 11.0. The Morgan fingerprint density at radius 3 is 2.11 bits per heavy atom. The van der Waals surface area contributed by atoms with Crippen molar-refractivity contribution in [2.45, 2.75) is 32.5 Å². The van der Waals surface area contributed by atoms with Gasteiger partial charge in [-0.3, -0.25) is 9.59 Å². The van der Waals surface area contributed by atoms with E-state index >= 15 is 0 Å². The van der Waals surface area contributed by atoms with Crippen molar-refractivity contribution in [1.29, 1.82) is 0 Å². The molecule has 8 heteroatoms. The number of methoxy groups -OCH3 is 2. The number of nitrogens with zero attached hydrogens (tertiary/aromatic N) is 1. The number of hydrogen-bond donors (Lipinski definition) is 1. The number of hydrogen-bond acceptors (Lipinski definition) is 6. The zero-order valence-electron chi connectivity index (χ0n) is 21.0. The molecule has 0 bridgehead atoms. The molecule has 1 heterocycles. The molecule has 7 nitrogen and oxygen atoms in total. The Hall–Kier alpha value is -3.97. The minimum Gasteiger partial charge on any atom is -0.507 e. The molecule has 1 saturated heterocycles. The molecule has 1 amide bonds. The Morgan fingerprint density at radius 2 is 1.51 bits per heavy atom. The predicted molar refractivity (Wildman–Crippen MR) is 141 cm³/mol. The number of carbonyl (C=O) groups excluding carboxylic acids is 2. The molecule has 1 aliphatic heterocycles. The quantitative estimate of drug-likeness (QED) is 0.230. The van der Waals surface area contributed by atoms with Gasteiger partial charge in [-0.05, 0) is 67.4 Å². The molecule has 0 aromatic heterocycles. The summed E-state index contributed by atoms with van der Waals surface area (Å²) >= 11 is 6.37. The molecular weight excluding hydrogens is 494 g/mol. The van der Waals surface area contributed by atoms with Crippen LogP contribution in [0.5, 0.6) is 17.2 Å². The van der Waals surface area contributed by atoms with Gasteiger partial charge in [0.05, 0.1) is 37.0 Å².